The molecule has 3 aromatic carbocycles. The molecule has 1 heterocycles. The summed E-state index contributed by atoms with van der Waals surface area (Å²) in [4.78, 5) is 13.3. The van der Waals surface area contributed by atoms with Crippen molar-refractivity contribution in [1.82, 2.24) is 0 Å². The third-order valence-corrected chi connectivity index (χ3v) is 5.77. The minimum absolute atomic E-state index is 0.0981. The molecule has 6 heteroatoms. The van der Waals surface area contributed by atoms with Crippen LogP contribution in [0.2, 0.25) is 0 Å². The first-order chi connectivity index (χ1) is 14.1. The fraction of sp³-hybridized carbons (Fsp3) is 0.174. The Morgan fingerprint density at radius 1 is 1.07 bits per heavy atom. The molecule has 4 rings (SSSR count). The van der Waals surface area contributed by atoms with Crippen LogP contribution in [0.25, 0.3) is 0 Å². The van der Waals surface area contributed by atoms with E-state index in [1.54, 1.807) is 12.1 Å². The van der Waals surface area contributed by atoms with E-state index in [0.29, 0.717) is 0 Å². The van der Waals surface area contributed by atoms with Gasteiger partial charge in [0.2, 0.25) is 0 Å². The number of halogens is 2. The van der Waals surface area contributed by atoms with Crippen molar-refractivity contribution in [2.75, 3.05) is 19.0 Å². The molecule has 2 N–H and O–H groups in total. The second-order valence-electron chi connectivity index (χ2n) is 7.03. The summed E-state index contributed by atoms with van der Waals surface area (Å²) in [6.45, 7) is 0.164. The number of hydrogen-bond donors (Lipinski definition) is 2. The van der Waals surface area contributed by atoms with Crippen molar-refractivity contribution in [3.8, 4) is 0 Å². The Bertz CT molecular complexity index is 1010. The normalized spacial score (nSPS) is 20.4. The van der Waals surface area contributed by atoms with E-state index in [9.17, 15) is 9.18 Å². The predicted octanol–water partition coefficient (Wildman–Crippen LogP) is 3.86. The average molecular weight is 456 g/mol. The highest BCUT2D eigenvalue weighted by molar-refractivity contribution is 9.10. The van der Waals surface area contributed by atoms with Gasteiger partial charge in [0.25, 0.3) is 0 Å². The van der Waals surface area contributed by atoms with E-state index in [1.165, 1.54) is 19.2 Å². The molecule has 0 aliphatic carbocycles. The van der Waals surface area contributed by atoms with Gasteiger partial charge in [-0.2, -0.15) is 0 Å². The van der Waals surface area contributed by atoms with E-state index in [-0.39, 0.29) is 30.5 Å². The molecule has 0 saturated carbocycles. The molecule has 1 unspecified atom stereocenters. The topological polar surface area (TPSA) is 42.8 Å². The maximum absolute atomic E-state index is 13.5. The van der Waals surface area contributed by atoms with Crippen LogP contribution in [0.3, 0.4) is 0 Å². The third-order valence-electron chi connectivity index (χ3n) is 5.28. The van der Waals surface area contributed by atoms with E-state index >= 15 is 0 Å². The monoisotopic (exact) mass is 455 g/mol. The lowest BCUT2D eigenvalue weighted by Crippen LogP contribution is -3.15. The molecule has 29 heavy (non-hydrogen) atoms. The number of quaternary nitrogens is 1. The number of ether oxygens (including phenoxy) is 1. The number of nitrogens with one attached hydrogen (secondary N) is 2. The van der Waals surface area contributed by atoms with Gasteiger partial charge in [-0.05, 0) is 42.5 Å². The first kappa shape index (κ1) is 19.6. The van der Waals surface area contributed by atoms with Crippen molar-refractivity contribution < 1.29 is 18.8 Å². The molecular formula is C23H21BrFN2O2+. The van der Waals surface area contributed by atoms with Crippen LogP contribution in [0.15, 0.2) is 77.3 Å². The summed E-state index contributed by atoms with van der Waals surface area (Å²) < 4.78 is 19.5. The molecule has 0 spiro atoms. The number of hydrogen-bond acceptors (Lipinski definition) is 3. The second-order valence-corrected chi connectivity index (χ2v) is 7.95. The summed E-state index contributed by atoms with van der Waals surface area (Å²) in [6, 6.07) is 22.5. The van der Waals surface area contributed by atoms with Crippen LogP contribution in [0.4, 0.5) is 10.1 Å². The summed E-state index contributed by atoms with van der Waals surface area (Å²) in [5, 5.41) is 3.55. The Morgan fingerprint density at radius 3 is 2.48 bits per heavy atom. The van der Waals surface area contributed by atoms with Crippen molar-refractivity contribution in [3.63, 3.8) is 0 Å². The number of carbonyl (C=O) groups is 1. The van der Waals surface area contributed by atoms with E-state index in [0.717, 1.165) is 31.8 Å². The van der Waals surface area contributed by atoms with Crippen molar-refractivity contribution in [1.29, 1.82) is 0 Å². The minimum atomic E-state index is -0.298. The highest BCUT2D eigenvalue weighted by Crippen LogP contribution is 2.35. The molecule has 0 saturated heterocycles. The van der Waals surface area contributed by atoms with Gasteiger partial charge in [0, 0.05) is 26.9 Å². The number of rotatable bonds is 4. The molecular weight excluding hydrogens is 435 g/mol. The largest absolute Gasteiger partial charge is 0.465 e. The Hall–Kier alpha value is -2.70. The Labute approximate surface area is 177 Å². The average Bonchev–Trinajstić information content (AvgIpc) is 2.74. The van der Waals surface area contributed by atoms with Crippen molar-refractivity contribution in [2.45, 2.75) is 12.2 Å². The number of carbonyl (C=O) groups excluding carboxylic acids is 1. The first-order valence-electron chi connectivity index (χ1n) is 9.35. The van der Waals surface area contributed by atoms with Gasteiger partial charge >= 0.3 is 5.97 Å². The Kier molecular flexibility index (Phi) is 5.65. The van der Waals surface area contributed by atoms with Gasteiger partial charge in [-0.1, -0.05) is 46.3 Å². The second kappa shape index (κ2) is 8.35. The van der Waals surface area contributed by atoms with Gasteiger partial charge in [-0.15, -0.1) is 0 Å². The van der Waals surface area contributed by atoms with Crippen LogP contribution >= 0.6 is 15.9 Å². The van der Waals surface area contributed by atoms with Crippen molar-refractivity contribution in [3.05, 3.63) is 99.8 Å². The summed E-state index contributed by atoms with van der Waals surface area (Å²) in [6.07, 6.45) is -0.242. The smallest absolute Gasteiger partial charge is 0.361 e. The number of esters is 1. The molecule has 0 fully saturated rings. The van der Waals surface area contributed by atoms with Crippen LogP contribution in [0, 0.1) is 5.82 Å². The van der Waals surface area contributed by atoms with Crippen LogP contribution < -0.4 is 10.2 Å². The predicted molar refractivity (Wildman–Crippen MR) is 113 cm³/mol. The molecule has 3 atom stereocenters. The van der Waals surface area contributed by atoms with Crippen LogP contribution in [0.1, 0.15) is 28.9 Å². The van der Waals surface area contributed by atoms with E-state index in [1.807, 2.05) is 30.3 Å². The zero-order valence-corrected chi connectivity index (χ0v) is 17.4. The molecule has 0 radical (unpaired) electrons. The lowest BCUT2D eigenvalue weighted by molar-refractivity contribution is -0.947. The maximum Gasteiger partial charge on any atom is 0.361 e. The quantitative estimate of drug-likeness (QED) is 0.587. The van der Waals surface area contributed by atoms with E-state index in [2.05, 4.69) is 39.4 Å². The summed E-state index contributed by atoms with van der Waals surface area (Å²) in [5.41, 5.74) is 4.08. The minimum Gasteiger partial charge on any atom is -0.465 e. The molecule has 148 valence electrons. The number of methoxy groups -OCH3 is 1. The van der Waals surface area contributed by atoms with Crippen LogP contribution in [-0.4, -0.2) is 19.6 Å². The number of benzene rings is 3. The fourth-order valence-corrected chi connectivity index (χ4v) is 4.33. The molecule has 4 nitrogen and oxygen atoms in total. The summed E-state index contributed by atoms with van der Waals surface area (Å²) >= 11 is 3.57. The third kappa shape index (κ3) is 4.04. The molecule has 1 aliphatic rings. The number of fused-ring (bicyclic) bond motifs is 1. The molecule has 0 amide bonds. The molecule has 0 bridgehead atoms. The zero-order valence-electron chi connectivity index (χ0n) is 15.9. The van der Waals surface area contributed by atoms with Gasteiger partial charge in [-0.3, -0.25) is 4.90 Å². The van der Waals surface area contributed by atoms with Crippen molar-refractivity contribution >= 4 is 27.6 Å². The SMILES string of the molecule is COC(=O)C[NH+]1[C@H](c2ccccc2)c2cc(Br)ccc2N[C@@H]1c1ccc(F)cc1. The molecule has 1 aliphatic heterocycles. The van der Waals surface area contributed by atoms with Crippen molar-refractivity contribution in [2.24, 2.45) is 0 Å². The first-order valence-corrected chi connectivity index (χ1v) is 10.1. The van der Waals surface area contributed by atoms with Crippen LogP contribution in [0.5, 0.6) is 0 Å². The van der Waals surface area contributed by atoms with E-state index in [4.69, 9.17) is 4.74 Å². The van der Waals surface area contributed by atoms with Gasteiger partial charge in [0.1, 0.15) is 11.9 Å². The summed E-state index contributed by atoms with van der Waals surface area (Å²) in [7, 11) is 1.40. The zero-order chi connectivity index (χ0) is 20.4. The number of anilines is 1. The molecule has 0 aromatic heterocycles. The fourth-order valence-electron chi connectivity index (χ4n) is 3.95. The van der Waals surface area contributed by atoms with Gasteiger partial charge in [-0.25, -0.2) is 9.18 Å². The highest BCUT2D eigenvalue weighted by Gasteiger charge is 2.41. The van der Waals surface area contributed by atoms with Gasteiger partial charge < -0.3 is 10.1 Å². The highest BCUT2D eigenvalue weighted by atomic mass is 79.9. The Balaban J connectivity index is 1.88. The van der Waals surface area contributed by atoms with Gasteiger partial charge in [0.15, 0.2) is 12.7 Å². The van der Waals surface area contributed by atoms with E-state index < -0.39 is 0 Å². The summed E-state index contributed by atoms with van der Waals surface area (Å²) in [5.74, 6) is -0.587. The standard InChI is InChI=1S/C23H20BrFN2O2/c1-29-21(28)14-27-22(15-5-3-2-4-6-15)19-13-17(24)9-12-20(19)26-23(27)16-7-10-18(25)11-8-16/h2-13,22-23,26H,14H2,1H3/p+1/t22-,23+/m1/s1. The Morgan fingerprint density at radius 2 is 1.79 bits per heavy atom. The lowest BCUT2D eigenvalue weighted by Gasteiger charge is -2.41. The lowest BCUT2D eigenvalue weighted by atomic mass is 9.91. The maximum atomic E-state index is 13.5. The van der Waals surface area contributed by atoms with Crippen LogP contribution in [-0.2, 0) is 9.53 Å². The molecule has 3 aromatic rings. The van der Waals surface area contributed by atoms with Gasteiger partial charge in [0.05, 0.1) is 7.11 Å².